The van der Waals surface area contributed by atoms with Crippen LogP contribution in [0.1, 0.15) is 22.7 Å². The van der Waals surface area contributed by atoms with Crippen molar-refractivity contribution in [2.75, 3.05) is 6.79 Å². The van der Waals surface area contributed by atoms with E-state index in [9.17, 15) is 19.7 Å². The maximum absolute atomic E-state index is 13.4. The summed E-state index contributed by atoms with van der Waals surface area (Å²) in [7, 11) is 0. The summed E-state index contributed by atoms with van der Waals surface area (Å²) < 4.78 is 22.4. The van der Waals surface area contributed by atoms with Gasteiger partial charge in [0.1, 0.15) is 19.1 Å². The second kappa shape index (κ2) is 14.9. The lowest BCUT2D eigenvalue weighted by Gasteiger charge is -2.27. The van der Waals surface area contributed by atoms with E-state index in [1.807, 2.05) is 60.7 Å². The summed E-state index contributed by atoms with van der Waals surface area (Å²) in [6.45, 7) is -0.0420. The number of nitrogens with one attached hydrogen (secondary N) is 1. The lowest BCUT2D eigenvalue weighted by atomic mass is 10.0. The summed E-state index contributed by atoms with van der Waals surface area (Å²) in [5.74, 6) is -0.780. The summed E-state index contributed by atoms with van der Waals surface area (Å²) in [4.78, 5) is 36.7. The van der Waals surface area contributed by atoms with Crippen molar-refractivity contribution in [1.29, 1.82) is 0 Å². The van der Waals surface area contributed by atoms with Gasteiger partial charge in [0.2, 0.25) is 0 Å². The minimum absolute atomic E-state index is 0.0210. The highest BCUT2D eigenvalue weighted by atomic mass is 16.7. The fourth-order valence-corrected chi connectivity index (χ4v) is 3.85. The number of carbonyl (C=O) groups is 2. The average Bonchev–Trinajstić information content (AvgIpc) is 3.01. The molecule has 4 aromatic carbocycles. The Morgan fingerprint density at radius 2 is 1.32 bits per heavy atom. The molecule has 10 heteroatoms. The monoisotopic (exact) mass is 556 g/mol. The number of alkyl carbamates (subject to hydrolysis) is 1. The number of non-ortho nitro benzene ring substituents is 1. The van der Waals surface area contributed by atoms with Gasteiger partial charge in [-0.15, -0.1) is 0 Å². The van der Waals surface area contributed by atoms with Gasteiger partial charge in [-0.25, -0.2) is 9.59 Å². The third-order valence-electron chi connectivity index (χ3n) is 5.89. The van der Waals surface area contributed by atoms with Gasteiger partial charge in [-0.05, 0) is 28.8 Å². The Kier molecular flexibility index (Phi) is 10.5. The molecule has 0 saturated carbocycles. The first-order valence-electron chi connectivity index (χ1n) is 12.7. The lowest BCUT2D eigenvalue weighted by molar-refractivity contribution is -0.384. The predicted octanol–water partition coefficient (Wildman–Crippen LogP) is 5.73. The van der Waals surface area contributed by atoms with E-state index < -0.39 is 29.1 Å². The number of esters is 1. The first-order chi connectivity index (χ1) is 20.0. The van der Waals surface area contributed by atoms with E-state index in [1.54, 1.807) is 30.3 Å². The second-order valence-electron chi connectivity index (χ2n) is 8.81. The highest BCUT2D eigenvalue weighted by molar-refractivity contribution is 5.80. The van der Waals surface area contributed by atoms with Crippen molar-refractivity contribution in [1.82, 2.24) is 5.32 Å². The van der Waals surface area contributed by atoms with Crippen molar-refractivity contribution < 1.29 is 33.5 Å². The number of rotatable bonds is 13. The van der Waals surface area contributed by atoms with Crippen LogP contribution in [0.4, 0.5) is 10.5 Å². The van der Waals surface area contributed by atoms with Crippen LogP contribution in [0.15, 0.2) is 115 Å². The van der Waals surface area contributed by atoms with E-state index in [4.69, 9.17) is 18.9 Å². The van der Waals surface area contributed by atoms with E-state index in [-0.39, 0.29) is 31.4 Å². The molecule has 41 heavy (non-hydrogen) atoms. The van der Waals surface area contributed by atoms with Gasteiger partial charge in [-0.2, -0.15) is 0 Å². The minimum Gasteiger partial charge on any atom is -0.445 e. The third-order valence-corrected chi connectivity index (χ3v) is 5.89. The molecule has 0 aliphatic carbocycles. The Hall–Kier alpha value is -5.06. The highest BCUT2D eigenvalue weighted by Gasteiger charge is 2.34. The molecular weight excluding hydrogens is 528 g/mol. The Labute approximate surface area is 236 Å². The van der Waals surface area contributed by atoms with Gasteiger partial charge in [0.25, 0.3) is 5.69 Å². The number of nitro groups is 1. The number of nitrogens with zero attached hydrogens (tertiary/aromatic N) is 1. The fourth-order valence-electron chi connectivity index (χ4n) is 3.85. The number of amides is 1. The average molecular weight is 557 g/mol. The van der Waals surface area contributed by atoms with Crippen molar-refractivity contribution in [3.8, 4) is 5.75 Å². The van der Waals surface area contributed by atoms with E-state index in [0.29, 0.717) is 5.56 Å². The molecule has 0 radical (unpaired) electrons. The van der Waals surface area contributed by atoms with Crippen LogP contribution >= 0.6 is 0 Å². The molecule has 0 aliphatic heterocycles. The van der Waals surface area contributed by atoms with Gasteiger partial charge in [-0.3, -0.25) is 10.1 Å². The summed E-state index contributed by atoms with van der Waals surface area (Å²) in [5.41, 5.74) is 2.09. The van der Waals surface area contributed by atoms with Gasteiger partial charge >= 0.3 is 12.1 Å². The molecule has 0 unspecified atom stereocenters. The van der Waals surface area contributed by atoms with Crippen LogP contribution in [0.25, 0.3) is 0 Å². The fraction of sp³-hybridized carbons (Fsp3) is 0.161. The van der Waals surface area contributed by atoms with Gasteiger partial charge < -0.3 is 24.3 Å². The normalized spacial score (nSPS) is 12.1. The molecular formula is C31H28N2O8. The predicted molar refractivity (Wildman–Crippen MR) is 149 cm³/mol. The number of ether oxygens (including phenoxy) is 4. The van der Waals surface area contributed by atoms with E-state index in [0.717, 1.165) is 11.1 Å². The number of carbonyl (C=O) groups excluding carboxylic acids is 2. The van der Waals surface area contributed by atoms with Crippen molar-refractivity contribution in [3.05, 3.63) is 142 Å². The number of hydrogen-bond acceptors (Lipinski definition) is 8. The first-order valence-corrected chi connectivity index (χ1v) is 12.7. The van der Waals surface area contributed by atoms with Crippen LogP contribution in [0, 0.1) is 10.1 Å². The number of hydrogen-bond donors (Lipinski definition) is 1. The topological polar surface area (TPSA) is 126 Å². The summed E-state index contributed by atoms with van der Waals surface area (Å²) in [6, 6.07) is 31.3. The Morgan fingerprint density at radius 3 is 1.90 bits per heavy atom. The van der Waals surface area contributed by atoms with Crippen LogP contribution in [0.5, 0.6) is 5.75 Å². The van der Waals surface area contributed by atoms with Crippen molar-refractivity contribution >= 4 is 17.7 Å². The first kappa shape index (κ1) is 28.9. The molecule has 210 valence electrons. The quantitative estimate of drug-likeness (QED) is 0.0553. The Morgan fingerprint density at radius 1 is 0.756 bits per heavy atom. The molecule has 0 spiro atoms. The second-order valence-corrected chi connectivity index (χ2v) is 8.81. The minimum atomic E-state index is -1.37. The SMILES string of the molecule is O=C(N[C@@H](c1ccccc1)[C@@H](OCOCc1ccccc1)C(=O)Oc1ccc([N+](=O)[O-])cc1)OCc1ccccc1. The maximum Gasteiger partial charge on any atom is 0.408 e. The van der Waals surface area contributed by atoms with Gasteiger partial charge in [0, 0.05) is 12.1 Å². The zero-order valence-electron chi connectivity index (χ0n) is 22.0. The molecule has 2 atom stereocenters. The van der Waals surface area contributed by atoms with Crippen molar-refractivity contribution in [2.24, 2.45) is 0 Å². The van der Waals surface area contributed by atoms with Gasteiger partial charge in [0.15, 0.2) is 6.10 Å². The van der Waals surface area contributed by atoms with Gasteiger partial charge in [0.05, 0.1) is 17.6 Å². The Balaban J connectivity index is 1.52. The molecule has 10 nitrogen and oxygen atoms in total. The lowest BCUT2D eigenvalue weighted by Crippen LogP contribution is -2.44. The molecule has 0 bridgehead atoms. The van der Waals surface area contributed by atoms with E-state index in [1.165, 1.54) is 24.3 Å². The summed E-state index contributed by atoms with van der Waals surface area (Å²) in [5, 5.41) is 13.7. The Bertz CT molecular complexity index is 1400. The third kappa shape index (κ3) is 8.99. The molecule has 0 aliphatic rings. The van der Waals surface area contributed by atoms with Crippen molar-refractivity contribution in [2.45, 2.75) is 25.4 Å². The molecule has 0 aromatic heterocycles. The zero-order valence-corrected chi connectivity index (χ0v) is 22.0. The smallest absolute Gasteiger partial charge is 0.408 e. The van der Waals surface area contributed by atoms with Crippen LogP contribution < -0.4 is 10.1 Å². The molecule has 0 heterocycles. The maximum atomic E-state index is 13.4. The summed E-state index contributed by atoms with van der Waals surface area (Å²) >= 11 is 0. The van der Waals surface area contributed by atoms with Crippen LogP contribution in [0.2, 0.25) is 0 Å². The molecule has 0 fully saturated rings. The largest absolute Gasteiger partial charge is 0.445 e. The van der Waals surface area contributed by atoms with Crippen molar-refractivity contribution in [3.63, 3.8) is 0 Å². The molecule has 4 aromatic rings. The highest BCUT2D eigenvalue weighted by Crippen LogP contribution is 2.24. The van der Waals surface area contributed by atoms with E-state index in [2.05, 4.69) is 5.32 Å². The summed E-state index contributed by atoms with van der Waals surface area (Å²) in [6.07, 6.45) is -2.14. The van der Waals surface area contributed by atoms with E-state index >= 15 is 0 Å². The zero-order chi connectivity index (χ0) is 28.9. The number of benzene rings is 4. The molecule has 1 N–H and O–H groups in total. The molecule has 1 amide bonds. The van der Waals surface area contributed by atoms with Gasteiger partial charge in [-0.1, -0.05) is 91.0 Å². The van der Waals surface area contributed by atoms with Crippen LogP contribution in [0.3, 0.4) is 0 Å². The molecule has 4 rings (SSSR count). The van der Waals surface area contributed by atoms with Crippen LogP contribution in [-0.4, -0.2) is 29.9 Å². The van der Waals surface area contributed by atoms with Crippen LogP contribution in [-0.2, 0) is 32.2 Å². The number of nitro benzene ring substituents is 1. The molecule has 0 saturated heterocycles. The standard InChI is InChI=1S/C31H28N2O8/c34-30(41-27-18-16-26(17-19-27)33(36)37)29(40-22-38-20-23-10-4-1-5-11-23)28(25-14-8-3-9-15-25)32-31(35)39-21-24-12-6-2-7-13-24/h1-19,28-29H,20-22H2,(H,32,35)/t28-,29+/m0/s1.